The molecule has 2 rings (SSSR count). The zero-order chi connectivity index (χ0) is 16.9. The molecular formula is C14H23N3O4S. The molecule has 1 aromatic heterocycles. The maximum atomic E-state index is 12.1. The van der Waals surface area contributed by atoms with Gasteiger partial charge in [-0.2, -0.15) is 0 Å². The van der Waals surface area contributed by atoms with Crippen LogP contribution in [-0.2, 0) is 27.7 Å². The summed E-state index contributed by atoms with van der Waals surface area (Å²) in [7, 11) is -3.41. The smallest absolute Gasteiger partial charge is 0.410 e. The van der Waals surface area contributed by atoms with Gasteiger partial charge < -0.3 is 9.30 Å². The summed E-state index contributed by atoms with van der Waals surface area (Å²) in [6, 6.07) is -0.0560. The first-order chi connectivity index (χ1) is 9.90. The Labute approximate surface area is 131 Å². The van der Waals surface area contributed by atoms with Crippen molar-refractivity contribution in [2.45, 2.75) is 64.5 Å². The quantitative estimate of drug-likeness (QED) is 0.830. The van der Waals surface area contributed by atoms with E-state index in [0.717, 1.165) is 11.9 Å². The molecule has 1 aliphatic rings. The lowest BCUT2D eigenvalue weighted by Gasteiger charge is -2.24. The van der Waals surface area contributed by atoms with E-state index in [1.54, 1.807) is 4.57 Å². The van der Waals surface area contributed by atoms with Crippen LogP contribution in [0.25, 0.3) is 0 Å². The van der Waals surface area contributed by atoms with Crippen molar-refractivity contribution in [3.05, 3.63) is 11.4 Å². The highest BCUT2D eigenvalue weighted by Crippen LogP contribution is 2.29. The van der Waals surface area contributed by atoms with Crippen molar-refractivity contribution < 1.29 is 17.9 Å². The molecule has 0 fully saturated rings. The van der Waals surface area contributed by atoms with Crippen LogP contribution in [0.3, 0.4) is 0 Å². The van der Waals surface area contributed by atoms with Crippen molar-refractivity contribution in [3.8, 4) is 0 Å². The van der Waals surface area contributed by atoms with Gasteiger partial charge in [-0.1, -0.05) is 0 Å². The number of carbonyl (C=O) groups is 1. The van der Waals surface area contributed by atoms with E-state index in [-0.39, 0.29) is 17.7 Å². The van der Waals surface area contributed by atoms with Crippen LogP contribution in [0.1, 0.15) is 52.0 Å². The largest absolute Gasteiger partial charge is 0.444 e. The summed E-state index contributed by atoms with van der Waals surface area (Å²) in [6.45, 7) is 9.80. The van der Waals surface area contributed by atoms with E-state index in [1.165, 1.54) is 4.90 Å². The normalized spacial score (nSPS) is 15.3. The van der Waals surface area contributed by atoms with E-state index >= 15 is 0 Å². The Morgan fingerprint density at radius 2 is 1.86 bits per heavy atom. The number of sulfone groups is 1. The molecule has 0 radical (unpaired) electrons. The Bertz CT molecular complexity index is 698. The first-order valence-electron chi connectivity index (χ1n) is 7.18. The zero-order valence-electron chi connectivity index (χ0n) is 13.9. The maximum Gasteiger partial charge on any atom is 0.410 e. The zero-order valence-corrected chi connectivity index (χ0v) is 14.7. The third-order valence-corrected chi connectivity index (χ3v) is 4.19. The highest BCUT2D eigenvalue weighted by molar-refractivity contribution is 7.90. The number of aromatic nitrogens is 2. The lowest BCUT2D eigenvalue weighted by Crippen LogP contribution is -2.34. The summed E-state index contributed by atoms with van der Waals surface area (Å²) in [6.07, 6.45) is 0.733. The van der Waals surface area contributed by atoms with Gasteiger partial charge in [-0.3, -0.25) is 4.90 Å². The van der Waals surface area contributed by atoms with Crippen LogP contribution in [0, 0.1) is 0 Å². The topological polar surface area (TPSA) is 81.5 Å². The van der Waals surface area contributed by atoms with Crippen molar-refractivity contribution >= 4 is 15.9 Å². The Morgan fingerprint density at radius 3 is 2.32 bits per heavy atom. The van der Waals surface area contributed by atoms with Crippen molar-refractivity contribution in [3.63, 3.8) is 0 Å². The fourth-order valence-electron chi connectivity index (χ4n) is 2.45. The molecule has 0 saturated carbocycles. The Kier molecular flexibility index (Phi) is 4.01. The van der Waals surface area contributed by atoms with Crippen LogP contribution in [-0.4, -0.2) is 40.8 Å². The molecule has 0 saturated heterocycles. The van der Waals surface area contributed by atoms with Gasteiger partial charge in [0.1, 0.15) is 5.60 Å². The average Bonchev–Trinajstić information content (AvgIpc) is 2.80. The highest BCUT2D eigenvalue weighted by Gasteiger charge is 2.34. The molecule has 7 nitrogen and oxygen atoms in total. The first kappa shape index (κ1) is 16.8. The number of fused-ring (bicyclic) bond motifs is 1. The minimum absolute atomic E-state index is 0.0560. The lowest BCUT2D eigenvalue weighted by molar-refractivity contribution is 0.0236. The van der Waals surface area contributed by atoms with Gasteiger partial charge in [0.25, 0.3) is 0 Å². The van der Waals surface area contributed by atoms with Crippen LogP contribution in [0.5, 0.6) is 0 Å². The molecule has 0 aromatic carbocycles. The Balaban J connectivity index is 2.32. The van der Waals surface area contributed by atoms with Gasteiger partial charge in [0, 0.05) is 12.3 Å². The SMILES string of the molecule is CC(C)n1c(S(C)(=O)=O)nc2c1CN(C(=O)OC(C)(C)C)C2. The summed E-state index contributed by atoms with van der Waals surface area (Å²) in [4.78, 5) is 17.9. The molecule has 0 N–H and O–H groups in total. The van der Waals surface area contributed by atoms with E-state index in [0.29, 0.717) is 12.2 Å². The average molecular weight is 329 g/mol. The van der Waals surface area contributed by atoms with E-state index in [4.69, 9.17) is 4.74 Å². The molecule has 124 valence electrons. The van der Waals surface area contributed by atoms with Crippen LogP contribution >= 0.6 is 0 Å². The molecule has 0 atom stereocenters. The number of ether oxygens (including phenoxy) is 1. The van der Waals surface area contributed by atoms with Crippen molar-refractivity contribution in [2.75, 3.05) is 6.26 Å². The van der Waals surface area contributed by atoms with Gasteiger partial charge in [-0.05, 0) is 34.6 Å². The summed E-state index contributed by atoms with van der Waals surface area (Å²) in [5.41, 5.74) is 0.824. The third-order valence-electron chi connectivity index (χ3n) is 3.24. The molecule has 2 heterocycles. The van der Waals surface area contributed by atoms with E-state index in [1.807, 2.05) is 34.6 Å². The molecule has 0 aliphatic carbocycles. The maximum absolute atomic E-state index is 12.1. The van der Waals surface area contributed by atoms with E-state index in [9.17, 15) is 13.2 Å². The molecule has 0 spiro atoms. The monoisotopic (exact) mass is 329 g/mol. The minimum Gasteiger partial charge on any atom is -0.444 e. The third kappa shape index (κ3) is 3.26. The fourth-order valence-corrected chi connectivity index (χ4v) is 3.40. The molecular weight excluding hydrogens is 306 g/mol. The first-order valence-corrected chi connectivity index (χ1v) is 9.07. The summed E-state index contributed by atoms with van der Waals surface area (Å²) in [5.74, 6) is 0. The van der Waals surface area contributed by atoms with Gasteiger partial charge in [-0.25, -0.2) is 18.2 Å². The second-order valence-electron chi connectivity index (χ2n) is 6.86. The van der Waals surface area contributed by atoms with Gasteiger partial charge in [0.05, 0.1) is 24.5 Å². The van der Waals surface area contributed by atoms with Crippen molar-refractivity contribution in [2.24, 2.45) is 0 Å². The van der Waals surface area contributed by atoms with Gasteiger partial charge in [0.15, 0.2) is 0 Å². The van der Waals surface area contributed by atoms with Crippen LogP contribution in [0.2, 0.25) is 0 Å². The van der Waals surface area contributed by atoms with Crippen molar-refractivity contribution in [1.29, 1.82) is 0 Å². The highest BCUT2D eigenvalue weighted by atomic mass is 32.2. The molecule has 1 aromatic rings. The number of carbonyl (C=O) groups excluding carboxylic acids is 1. The predicted molar refractivity (Wildman–Crippen MR) is 81.2 cm³/mol. The second kappa shape index (κ2) is 5.26. The second-order valence-corrected chi connectivity index (χ2v) is 8.77. The van der Waals surface area contributed by atoms with Crippen LogP contribution in [0.4, 0.5) is 4.79 Å². The number of nitrogens with zero attached hydrogens (tertiary/aromatic N) is 3. The fraction of sp³-hybridized carbons (Fsp3) is 0.714. The van der Waals surface area contributed by atoms with E-state index in [2.05, 4.69) is 4.98 Å². The van der Waals surface area contributed by atoms with Crippen LogP contribution in [0.15, 0.2) is 5.16 Å². The number of hydrogen-bond acceptors (Lipinski definition) is 5. The summed E-state index contributed by atoms with van der Waals surface area (Å²) >= 11 is 0. The Morgan fingerprint density at radius 1 is 1.27 bits per heavy atom. The minimum atomic E-state index is -3.41. The molecule has 1 aliphatic heterocycles. The lowest BCUT2D eigenvalue weighted by atomic mass is 10.2. The summed E-state index contributed by atoms with van der Waals surface area (Å²) in [5, 5.41) is 0.0661. The van der Waals surface area contributed by atoms with Gasteiger partial charge >= 0.3 is 6.09 Å². The number of imidazole rings is 1. The summed E-state index contributed by atoms with van der Waals surface area (Å²) < 4.78 is 30.8. The van der Waals surface area contributed by atoms with Gasteiger partial charge in [0.2, 0.25) is 15.0 Å². The molecule has 8 heteroatoms. The number of hydrogen-bond donors (Lipinski definition) is 0. The number of amides is 1. The number of rotatable bonds is 2. The van der Waals surface area contributed by atoms with Crippen LogP contribution < -0.4 is 0 Å². The molecule has 0 bridgehead atoms. The Hall–Kier alpha value is -1.57. The molecule has 22 heavy (non-hydrogen) atoms. The van der Waals surface area contributed by atoms with E-state index < -0.39 is 21.5 Å². The standard InChI is InChI=1S/C14H23N3O4S/c1-9(2)17-11-8-16(13(18)21-14(3,4)5)7-10(11)15-12(17)22(6,19)20/h9H,7-8H2,1-6H3. The van der Waals surface area contributed by atoms with Gasteiger partial charge in [-0.15, -0.1) is 0 Å². The molecule has 1 amide bonds. The molecule has 0 unspecified atom stereocenters. The predicted octanol–water partition coefficient (Wildman–Crippen LogP) is 2.12. The van der Waals surface area contributed by atoms with Crippen molar-refractivity contribution in [1.82, 2.24) is 14.5 Å².